The van der Waals surface area contributed by atoms with Crippen LogP contribution in [0.4, 0.5) is 0 Å². The highest BCUT2D eigenvalue weighted by atomic mass is 35.5. The fourth-order valence-electron chi connectivity index (χ4n) is 3.32. The van der Waals surface area contributed by atoms with Crippen molar-refractivity contribution in [1.82, 2.24) is 9.62 Å². The Kier molecular flexibility index (Phi) is 9.39. The molecular formula is C20H29ClN2O5S. The minimum absolute atomic E-state index is 0.0110. The second-order valence-electron chi connectivity index (χ2n) is 7.16. The van der Waals surface area contributed by atoms with Crippen molar-refractivity contribution in [2.75, 3.05) is 26.7 Å². The maximum atomic E-state index is 12.7. The summed E-state index contributed by atoms with van der Waals surface area (Å²) in [4.78, 5) is 23.6. The van der Waals surface area contributed by atoms with Crippen molar-refractivity contribution >= 4 is 33.5 Å². The summed E-state index contributed by atoms with van der Waals surface area (Å²) < 4.78 is 31.4. The Hall–Kier alpha value is -1.64. The van der Waals surface area contributed by atoms with Gasteiger partial charge in [0, 0.05) is 37.0 Å². The Morgan fingerprint density at radius 3 is 2.34 bits per heavy atom. The molecular weight excluding hydrogens is 416 g/mol. The molecule has 0 bridgehead atoms. The van der Waals surface area contributed by atoms with Crippen LogP contribution in [-0.2, 0) is 24.3 Å². The lowest BCUT2D eigenvalue weighted by molar-refractivity contribution is -0.140. The highest BCUT2D eigenvalue weighted by molar-refractivity contribution is 7.89. The molecule has 0 aliphatic carbocycles. The van der Waals surface area contributed by atoms with E-state index in [0.29, 0.717) is 43.9 Å². The van der Waals surface area contributed by atoms with Gasteiger partial charge < -0.3 is 10.1 Å². The number of nitrogens with one attached hydrogen (secondary N) is 1. The molecule has 0 unspecified atom stereocenters. The van der Waals surface area contributed by atoms with Crippen molar-refractivity contribution in [2.24, 2.45) is 5.92 Å². The Balaban J connectivity index is 1.67. The molecule has 1 fully saturated rings. The van der Waals surface area contributed by atoms with Crippen molar-refractivity contribution < 1.29 is 22.7 Å². The second kappa shape index (κ2) is 11.5. The number of piperidine rings is 1. The molecule has 1 N–H and O–H groups in total. The lowest BCUT2D eigenvalue weighted by Gasteiger charge is -2.30. The summed E-state index contributed by atoms with van der Waals surface area (Å²) >= 11 is 5.83. The van der Waals surface area contributed by atoms with Gasteiger partial charge in [-0.25, -0.2) is 8.42 Å². The van der Waals surface area contributed by atoms with Gasteiger partial charge in [-0.15, -0.1) is 0 Å². The summed E-state index contributed by atoms with van der Waals surface area (Å²) in [6.07, 6.45) is 4.97. The topological polar surface area (TPSA) is 92.8 Å². The normalized spacial score (nSPS) is 15.8. The highest BCUT2D eigenvalue weighted by Gasteiger charge is 2.31. The molecule has 0 radical (unpaired) electrons. The van der Waals surface area contributed by atoms with E-state index < -0.39 is 10.0 Å². The van der Waals surface area contributed by atoms with Gasteiger partial charge >= 0.3 is 5.97 Å². The van der Waals surface area contributed by atoms with Gasteiger partial charge in [-0.1, -0.05) is 24.4 Å². The van der Waals surface area contributed by atoms with Gasteiger partial charge in [-0.2, -0.15) is 4.31 Å². The predicted molar refractivity (Wildman–Crippen MR) is 111 cm³/mol. The van der Waals surface area contributed by atoms with Crippen LogP contribution in [0, 0.1) is 5.92 Å². The number of carbonyl (C=O) groups excluding carboxylic acids is 2. The van der Waals surface area contributed by atoms with Crippen molar-refractivity contribution in [1.29, 1.82) is 0 Å². The number of nitrogens with zero attached hydrogens (tertiary/aromatic N) is 1. The Morgan fingerprint density at radius 1 is 1.10 bits per heavy atom. The first kappa shape index (κ1) is 23.6. The van der Waals surface area contributed by atoms with Crippen LogP contribution in [0.2, 0.25) is 5.02 Å². The van der Waals surface area contributed by atoms with Crippen LogP contribution in [0.15, 0.2) is 29.2 Å². The number of carbonyl (C=O) groups is 2. The summed E-state index contributed by atoms with van der Waals surface area (Å²) in [7, 11) is -2.17. The number of amides is 1. The van der Waals surface area contributed by atoms with Crippen LogP contribution in [0.5, 0.6) is 0 Å². The number of hydrogen-bond donors (Lipinski definition) is 1. The maximum absolute atomic E-state index is 12.7. The van der Waals surface area contributed by atoms with Crippen LogP contribution in [0.25, 0.3) is 0 Å². The molecule has 9 heteroatoms. The Bertz CT molecular complexity index is 775. The molecule has 1 amide bonds. The monoisotopic (exact) mass is 444 g/mol. The van der Waals surface area contributed by atoms with E-state index in [1.807, 2.05) is 0 Å². The van der Waals surface area contributed by atoms with Gasteiger partial charge in [0.15, 0.2) is 0 Å². The zero-order valence-corrected chi connectivity index (χ0v) is 18.3. The molecule has 29 heavy (non-hydrogen) atoms. The van der Waals surface area contributed by atoms with E-state index in [9.17, 15) is 18.0 Å². The van der Waals surface area contributed by atoms with Gasteiger partial charge in [0.05, 0.1) is 12.0 Å². The largest absolute Gasteiger partial charge is 0.469 e. The van der Waals surface area contributed by atoms with Gasteiger partial charge in [0.25, 0.3) is 0 Å². The van der Waals surface area contributed by atoms with Crippen LogP contribution in [0.3, 0.4) is 0 Å². The number of methoxy groups -OCH3 is 1. The number of benzene rings is 1. The standard InChI is InChI=1S/C20H29ClN2O5S/c1-28-19(24)6-4-2-3-5-13-22-20(25)16-11-14-23(15-12-16)29(26,27)18-9-7-17(21)8-10-18/h7-10,16H,2-6,11-15H2,1H3,(H,22,25). The molecule has 1 aliphatic heterocycles. The SMILES string of the molecule is COC(=O)CCCCCCNC(=O)C1CCN(S(=O)(=O)c2ccc(Cl)cc2)CC1. The summed E-state index contributed by atoms with van der Waals surface area (Å²) in [5.74, 6) is -0.364. The molecule has 0 atom stereocenters. The molecule has 0 saturated carbocycles. The molecule has 1 aromatic rings. The van der Waals surface area contributed by atoms with Crippen molar-refractivity contribution in [3.8, 4) is 0 Å². The fourth-order valence-corrected chi connectivity index (χ4v) is 4.92. The van der Waals surface area contributed by atoms with E-state index in [0.717, 1.165) is 25.7 Å². The summed E-state index contributed by atoms with van der Waals surface area (Å²) in [5.41, 5.74) is 0. The third-order valence-electron chi connectivity index (χ3n) is 5.11. The van der Waals surface area contributed by atoms with E-state index in [1.165, 1.54) is 23.5 Å². The average Bonchev–Trinajstić information content (AvgIpc) is 2.73. The number of unbranched alkanes of at least 4 members (excludes halogenated alkanes) is 3. The van der Waals surface area contributed by atoms with Gasteiger partial charge in [-0.05, 0) is 49.9 Å². The first-order valence-corrected chi connectivity index (χ1v) is 11.8. The molecule has 0 aromatic heterocycles. The first-order chi connectivity index (χ1) is 13.8. The Labute approximate surface area is 177 Å². The summed E-state index contributed by atoms with van der Waals surface area (Å²) in [6.45, 7) is 1.26. The number of hydrogen-bond acceptors (Lipinski definition) is 5. The van der Waals surface area contributed by atoms with E-state index in [2.05, 4.69) is 10.1 Å². The Morgan fingerprint density at radius 2 is 1.72 bits per heavy atom. The first-order valence-electron chi connectivity index (χ1n) is 9.95. The average molecular weight is 445 g/mol. The lowest BCUT2D eigenvalue weighted by Crippen LogP contribution is -2.43. The lowest BCUT2D eigenvalue weighted by atomic mass is 9.97. The quantitative estimate of drug-likeness (QED) is 0.442. The van der Waals surface area contributed by atoms with E-state index in [4.69, 9.17) is 11.6 Å². The van der Waals surface area contributed by atoms with Gasteiger partial charge in [-0.3, -0.25) is 9.59 Å². The second-order valence-corrected chi connectivity index (χ2v) is 9.54. The van der Waals surface area contributed by atoms with Crippen LogP contribution in [0.1, 0.15) is 44.9 Å². The molecule has 1 aliphatic rings. The third kappa shape index (κ3) is 7.28. The number of esters is 1. The minimum atomic E-state index is -3.56. The summed E-state index contributed by atoms with van der Waals surface area (Å²) in [5, 5.41) is 3.43. The van der Waals surface area contributed by atoms with Gasteiger partial charge in [0.2, 0.25) is 15.9 Å². The zero-order chi connectivity index (χ0) is 21.3. The predicted octanol–water partition coefficient (Wildman–Crippen LogP) is 2.98. The van der Waals surface area contributed by atoms with Crippen molar-refractivity contribution in [3.63, 3.8) is 0 Å². The molecule has 1 saturated heterocycles. The molecule has 0 spiro atoms. The molecule has 1 heterocycles. The number of sulfonamides is 1. The molecule has 7 nitrogen and oxygen atoms in total. The van der Waals surface area contributed by atoms with Crippen LogP contribution in [-0.4, -0.2) is 51.3 Å². The number of halogens is 1. The van der Waals surface area contributed by atoms with Crippen molar-refractivity contribution in [3.05, 3.63) is 29.3 Å². The number of ether oxygens (including phenoxy) is 1. The molecule has 162 valence electrons. The highest BCUT2D eigenvalue weighted by Crippen LogP contribution is 2.24. The van der Waals surface area contributed by atoms with Crippen LogP contribution < -0.4 is 5.32 Å². The third-order valence-corrected chi connectivity index (χ3v) is 7.28. The zero-order valence-electron chi connectivity index (χ0n) is 16.7. The van der Waals surface area contributed by atoms with E-state index >= 15 is 0 Å². The fraction of sp³-hybridized carbons (Fsp3) is 0.600. The van der Waals surface area contributed by atoms with E-state index in [1.54, 1.807) is 12.1 Å². The molecule has 2 rings (SSSR count). The maximum Gasteiger partial charge on any atom is 0.305 e. The van der Waals surface area contributed by atoms with Crippen LogP contribution >= 0.6 is 11.6 Å². The van der Waals surface area contributed by atoms with E-state index in [-0.39, 0.29) is 22.7 Å². The van der Waals surface area contributed by atoms with Gasteiger partial charge in [0.1, 0.15) is 0 Å². The smallest absolute Gasteiger partial charge is 0.305 e. The molecule has 1 aromatic carbocycles. The minimum Gasteiger partial charge on any atom is -0.469 e. The van der Waals surface area contributed by atoms with Crippen molar-refractivity contribution in [2.45, 2.75) is 49.8 Å². The number of rotatable bonds is 10. The summed E-state index contributed by atoms with van der Waals surface area (Å²) in [6, 6.07) is 6.12.